The Labute approximate surface area is 151 Å². The monoisotopic (exact) mass is 339 g/mol. The first-order valence-electron chi connectivity index (χ1n) is 8.79. The summed E-state index contributed by atoms with van der Waals surface area (Å²) in [5.41, 5.74) is 10.1. The van der Waals surface area contributed by atoms with Crippen molar-refractivity contribution >= 4 is 11.7 Å². The molecular weight excluding hydrogens is 310 g/mol. The molecule has 1 unspecified atom stereocenters. The Morgan fingerprint density at radius 2 is 1.76 bits per heavy atom. The average Bonchev–Trinajstić information content (AvgIpc) is 2.59. The first-order valence-corrected chi connectivity index (χ1v) is 8.79. The normalized spacial score (nSPS) is 12.1. The summed E-state index contributed by atoms with van der Waals surface area (Å²) in [6, 6.07) is 12.3. The quantitative estimate of drug-likeness (QED) is 0.642. The molecule has 1 amide bonds. The van der Waals surface area contributed by atoms with Crippen molar-refractivity contribution in [3.63, 3.8) is 0 Å². The fraction of sp³-hybridized carbons (Fsp3) is 0.381. The molecule has 1 aromatic heterocycles. The second kappa shape index (κ2) is 10.4. The number of carbonyl (C=O) groups is 1. The van der Waals surface area contributed by atoms with Gasteiger partial charge in [-0.05, 0) is 49.9 Å². The number of aryl methyl sites for hydroxylation is 2. The van der Waals surface area contributed by atoms with Gasteiger partial charge in [0.15, 0.2) is 0 Å². The molecule has 0 aliphatic heterocycles. The lowest BCUT2D eigenvalue weighted by atomic mass is 9.84. The molecule has 0 saturated heterocycles. The first-order chi connectivity index (χ1) is 12.0. The van der Waals surface area contributed by atoms with Crippen LogP contribution in [-0.4, -0.2) is 16.7 Å². The summed E-state index contributed by atoms with van der Waals surface area (Å²) in [7, 11) is 0. The van der Waals surface area contributed by atoms with Crippen LogP contribution in [-0.2, 0) is 4.79 Å². The van der Waals surface area contributed by atoms with E-state index in [4.69, 9.17) is 5.73 Å². The number of hydrogen-bond acceptors (Lipinski definition) is 2. The van der Waals surface area contributed by atoms with Gasteiger partial charge in [-0.2, -0.15) is 0 Å². The Morgan fingerprint density at radius 3 is 2.36 bits per heavy atom. The Morgan fingerprint density at radius 1 is 1.12 bits per heavy atom. The lowest BCUT2D eigenvalue weighted by molar-refractivity contribution is -0.117. The van der Waals surface area contributed by atoms with Gasteiger partial charge in [0.2, 0.25) is 5.91 Å². The van der Waals surface area contributed by atoms with Crippen LogP contribution in [0.25, 0.3) is 0 Å². The van der Waals surface area contributed by atoms with E-state index >= 15 is 0 Å². The summed E-state index contributed by atoms with van der Waals surface area (Å²) >= 11 is 0. The van der Waals surface area contributed by atoms with E-state index in [1.165, 1.54) is 11.1 Å². The molecule has 2 rings (SSSR count). The lowest BCUT2D eigenvalue weighted by Crippen LogP contribution is -2.11. The van der Waals surface area contributed by atoms with Crippen molar-refractivity contribution in [2.45, 2.75) is 53.4 Å². The molecule has 0 aliphatic rings. The zero-order valence-corrected chi connectivity index (χ0v) is 15.9. The van der Waals surface area contributed by atoms with Crippen molar-refractivity contribution < 1.29 is 4.79 Å². The first kappa shape index (κ1) is 20.6. The maximum Gasteiger partial charge on any atom is 0.247 e. The van der Waals surface area contributed by atoms with Crippen LogP contribution in [0, 0.1) is 13.8 Å². The molecule has 2 aromatic rings. The highest BCUT2D eigenvalue weighted by molar-refractivity contribution is 5.92. The van der Waals surface area contributed by atoms with Crippen LogP contribution in [0.1, 0.15) is 61.9 Å². The van der Waals surface area contributed by atoms with Gasteiger partial charge in [-0.25, -0.2) is 4.99 Å². The van der Waals surface area contributed by atoms with Gasteiger partial charge in [0.1, 0.15) is 0 Å². The highest BCUT2D eigenvalue weighted by Crippen LogP contribution is 2.32. The van der Waals surface area contributed by atoms with Crippen molar-refractivity contribution in [3.05, 3.63) is 65.0 Å². The molecule has 1 atom stereocenters. The maximum atomic E-state index is 11.9. The van der Waals surface area contributed by atoms with E-state index in [1.54, 1.807) is 13.1 Å². The van der Waals surface area contributed by atoms with E-state index in [2.05, 4.69) is 35.1 Å². The zero-order chi connectivity index (χ0) is 18.8. The Kier molecular flexibility index (Phi) is 8.54. The third-order valence-corrected chi connectivity index (χ3v) is 3.94. The van der Waals surface area contributed by atoms with E-state index in [1.807, 2.05) is 39.0 Å². The molecule has 0 bridgehead atoms. The Hall–Kier alpha value is -2.49. The summed E-state index contributed by atoms with van der Waals surface area (Å²) in [5, 5.41) is 0. The van der Waals surface area contributed by atoms with E-state index in [9.17, 15) is 4.79 Å². The number of pyridine rings is 1. The van der Waals surface area contributed by atoms with Gasteiger partial charge in [-0.1, -0.05) is 44.2 Å². The molecule has 134 valence electrons. The van der Waals surface area contributed by atoms with E-state index in [0.717, 1.165) is 11.3 Å². The number of hydrogen-bond donors (Lipinski definition) is 1. The highest BCUT2D eigenvalue weighted by atomic mass is 16.1. The van der Waals surface area contributed by atoms with Gasteiger partial charge in [0.25, 0.3) is 0 Å². The topological polar surface area (TPSA) is 68.3 Å². The number of carbonyl (C=O) groups excluding carboxylic acids is 1. The molecule has 0 aliphatic carbocycles. The summed E-state index contributed by atoms with van der Waals surface area (Å²) in [5.74, 6) is 0.257. The number of benzene rings is 1. The molecule has 1 aromatic carbocycles. The molecule has 4 nitrogen and oxygen atoms in total. The average molecular weight is 339 g/mol. The molecular formula is C21H29N3O. The summed E-state index contributed by atoms with van der Waals surface area (Å²) in [6.45, 7) is 9.73. The van der Waals surface area contributed by atoms with Gasteiger partial charge < -0.3 is 5.73 Å². The third kappa shape index (κ3) is 6.14. The fourth-order valence-electron chi connectivity index (χ4n) is 2.84. The molecule has 25 heavy (non-hydrogen) atoms. The van der Waals surface area contributed by atoms with Crippen LogP contribution < -0.4 is 5.73 Å². The second-order valence-corrected chi connectivity index (χ2v) is 5.77. The smallest absolute Gasteiger partial charge is 0.247 e. The van der Waals surface area contributed by atoms with E-state index < -0.39 is 0 Å². The zero-order valence-electron chi connectivity index (χ0n) is 15.9. The minimum atomic E-state index is -0.176. The van der Waals surface area contributed by atoms with E-state index in [0.29, 0.717) is 18.7 Å². The van der Waals surface area contributed by atoms with Crippen molar-refractivity contribution in [3.8, 4) is 0 Å². The number of aromatic nitrogens is 1. The SMILES string of the molecule is CC.CC(N)=NC(=O)CCC(c1ccccc1C)c1cccnc1C. The molecule has 1 heterocycles. The molecule has 2 N–H and O–H groups in total. The van der Waals surface area contributed by atoms with Crippen LogP contribution in [0.15, 0.2) is 47.6 Å². The lowest BCUT2D eigenvalue weighted by Gasteiger charge is -2.21. The predicted octanol–water partition coefficient (Wildman–Crippen LogP) is 4.54. The van der Waals surface area contributed by atoms with Crippen LogP contribution in [0.5, 0.6) is 0 Å². The Bertz CT molecular complexity index is 673. The number of aliphatic imine (C=N–C) groups is 1. The third-order valence-electron chi connectivity index (χ3n) is 3.94. The summed E-state index contributed by atoms with van der Waals surface area (Å²) < 4.78 is 0. The number of rotatable bonds is 5. The van der Waals surface area contributed by atoms with E-state index in [-0.39, 0.29) is 11.8 Å². The van der Waals surface area contributed by atoms with Gasteiger partial charge in [0.05, 0.1) is 5.84 Å². The molecule has 4 heteroatoms. The predicted molar refractivity (Wildman–Crippen MR) is 105 cm³/mol. The summed E-state index contributed by atoms with van der Waals surface area (Å²) in [4.78, 5) is 20.1. The van der Waals surface area contributed by atoms with Gasteiger partial charge >= 0.3 is 0 Å². The minimum Gasteiger partial charge on any atom is -0.387 e. The van der Waals surface area contributed by atoms with Crippen LogP contribution >= 0.6 is 0 Å². The second-order valence-electron chi connectivity index (χ2n) is 5.77. The van der Waals surface area contributed by atoms with Crippen molar-refractivity contribution in [1.82, 2.24) is 4.98 Å². The fourth-order valence-corrected chi connectivity index (χ4v) is 2.84. The van der Waals surface area contributed by atoms with Crippen LogP contribution in [0.4, 0.5) is 0 Å². The number of nitrogens with zero attached hydrogens (tertiary/aromatic N) is 2. The van der Waals surface area contributed by atoms with Crippen LogP contribution in [0.3, 0.4) is 0 Å². The highest BCUT2D eigenvalue weighted by Gasteiger charge is 2.19. The molecule has 0 saturated carbocycles. The number of amides is 1. The van der Waals surface area contributed by atoms with Gasteiger partial charge in [0, 0.05) is 24.2 Å². The van der Waals surface area contributed by atoms with Crippen molar-refractivity contribution in [2.24, 2.45) is 10.7 Å². The van der Waals surface area contributed by atoms with Crippen molar-refractivity contribution in [1.29, 1.82) is 0 Å². The van der Waals surface area contributed by atoms with Gasteiger partial charge in [-0.15, -0.1) is 0 Å². The Balaban J connectivity index is 0.00000151. The summed E-state index contributed by atoms with van der Waals surface area (Å²) in [6.07, 6.45) is 2.84. The van der Waals surface area contributed by atoms with Crippen molar-refractivity contribution in [2.75, 3.05) is 0 Å². The molecule has 0 radical (unpaired) electrons. The van der Waals surface area contributed by atoms with Crippen LogP contribution in [0.2, 0.25) is 0 Å². The number of nitrogens with two attached hydrogens (primary N) is 1. The molecule has 0 fully saturated rings. The largest absolute Gasteiger partial charge is 0.387 e. The number of amidine groups is 1. The maximum absolute atomic E-state index is 11.9. The minimum absolute atomic E-state index is 0.127. The molecule has 0 spiro atoms. The van der Waals surface area contributed by atoms with Gasteiger partial charge in [-0.3, -0.25) is 9.78 Å². The standard InChI is InChI=1S/C19H23N3O.C2H6/c1-13-7-4-5-8-16(13)18(10-11-19(23)22-15(3)20)17-9-6-12-21-14(17)2;1-2/h4-9,12,18H,10-11H2,1-3H3,(H2,20,22,23);1-2H3.